The van der Waals surface area contributed by atoms with Gasteiger partial charge in [-0.25, -0.2) is 0 Å². The highest BCUT2D eigenvalue weighted by Gasteiger charge is 2.32. The summed E-state index contributed by atoms with van der Waals surface area (Å²) >= 11 is 0. The average molecular weight is 199 g/mol. The monoisotopic (exact) mass is 199 g/mol. The van der Waals surface area contributed by atoms with Crippen molar-refractivity contribution in [3.63, 3.8) is 0 Å². The van der Waals surface area contributed by atoms with Crippen LogP contribution in [0.1, 0.15) is 39.5 Å². The standard InChI is InChI=1S/C11H21NO2/c1-4-7-12(10-5-6-10)9(2)8-11(13)14-3/h9-10H,4-8H2,1-3H3. The average Bonchev–Trinajstić information content (AvgIpc) is 2.97. The molecule has 0 aliphatic heterocycles. The van der Waals surface area contributed by atoms with E-state index in [-0.39, 0.29) is 5.97 Å². The number of hydrogen-bond donors (Lipinski definition) is 0. The Morgan fingerprint density at radius 3 is 2.64 bits per heavy atom. The molecular weight excluding hydrogens is 178 g/mol. The number of nitrogens with zero attached hydrogens (tertiary/aromatic N) is 1. The van der Waals surface area contributed by atoms with Gasteiger partial charge in [-0.1, -0.05) is 6.92 Å². The number of ether oxygens (including phenoxy) is 1. The van der Waals surface area contributed by atoms with E-state index in [1.165, 1.54) is 20.0 Å². The third-order valence-corrected chi connectivity index (χ3v) is 2.75. The zero-order valence-electron chi connectivity index (χ0n) is 9.45. The maximum atomic E-state index is 11.1. The highest BCUT2D eigenvalue weighted by Crippen LogP contribution is 2.29. The highest BCUT2D eigenvalue weighted by atomic mass is 16.5. The van der Waals surface area contributed by atoms with E-state index in [2.05, 4.69) is 23.5 Å². The van der Waals surface area contributed by atoms with Gasteiger partial charge >= 0.3 is 5.97 Å². The molecule has 82 valence electrons. The topological polar surface area (TPSA) is 29.5 Å². The van der Waals surface area contributed by atoms with Crippen molar-refractivity contribution in [2.45, 2.75) is 51.6 Å². The van der Waals surface area contributed by atoms with E-state index in [1.54, 1.807) is 0 Å². The van der Waals surface area contributed by atoms with Crippen LogP contribution in [0.15, 0.2) is 0 Å². The number of carbonyl (C=O) groups excluding carboxylic acids is 1. The molecule has 0 aromatic rings. The van der Waals surface area contributed by atoms with E-state index in [1.807, 2.05) is 0 Å². The Kier molecular flexibility index (Phi) is 4.39. The number of rotatable bonds is 6. The third-order valence-electron chi connectivity index (χ3n) is 2.75. The summed E-state index contributed by atoms with van der Waals surface area (Å²) in [5.41, 5.74) is 0. The molecule has 1 aliphatic carbocycles. The molecule has 0 aromatic carbocycles. The van der Waals surface area contributed by atoms with Crippen LogP contribution < -0.4 is 0 Å². The largest absolute Gasteiger partial charge is 0.469 e. The second-order valence-corrected chi connectivity index (χ2v) is 4.10. The summed E-state index contributed by atoms with van der Waals surface area (Å²) in [4.78, 5) is 13.6. The quantitative estimate of drug-likeness (QED) is 0.611. The van der Waals surface area contributed by atoms with Crippen LogP contribution in [0.25, 0.3) is 0 Å². The van der Waals surface area contributed by atoms with Crippen LogP contribution >= 0.6 is 0 Å². The van der Waals surface area contributed by atoms with Gasteiger partial charge in [-0.2, -0.15) is 0 Å². The minimum atomic E-state index is -0.0979. The summed E-state index contributed by atoms with van der Waals surface area (Å²) in [7, 11) is 1.45. The van der Waals surface area contributed by atoms with Gasteiger partial charge in [0.2, 0.25) is 0 Å². The molecule has 1 rings (SSSR count). The summed E-state index contributed by atoms with van der Waals surface area (Å²) < 4.78 is 4.68. The van der Waals surface area contributed by atoms with Gasteiger partial charge in [0.25, 0.3) is 0 Å². The van der Waals surface area contributed by atoms with Gasteiger partial charge in [-0.15, -0.1) is 0 Å². The lowest BCUT2D eigenvalue weighted by Gasteiger charge is -2.27. The lowest BCUT2D eigenvalue weighted by atomic mass is 10.2. The first-order valence-corrected chi connectivity index (χ1v) is 5.51. The van der Waals surface area contributed by atoms with Crippen LogP contribution in [-0.4, -0.2) is 36.6 Å². The summed E-state index contributed by atoms with van der Waals surface area (Å²) in [6.45, 7) is 5.40. The Hall–Kier alpha value is -0.570. The smallest absolute Gasteiger partial charge is 0.307 e. The lowest BCUT2D eigenvalue weighted by molar-refractivity contribution is -0.141. The first-order valence-electron chi connectivity index (χ1n) is 5.51. The van der Waals surface area contributed by atoms with Crippen LogP contribution in [0.2, 0.25) is 0 Å². The fraction of sp³-hybridized carbons (Fsp3) is 0.909. The maximum absolute atomic E-state index is 11.1. The Bertz CT molecular complexity index is 190. The van der Waals surface area contributed by atoms with Crippen LogP contribution in [0, 0.1) is 0 Å². The zero-order valence-corrected chi connectivity index (χ0v) is 9.45. The van der Waals surface area contributed by atoms with Crippen molar-refractivity contribution in [3.8, 4) is 0 Å². The minimum Gasteiger partial charge on any atom is -0.469 e. The molecule has 0 radical (unpaired) electrons. The molecule has 0 bridgehead atoms. The first kappa shape index (κ1) is 11.5. The fourth-order valence-corrected chi connectivity index (χ4v) is 1.87. The van der Waals surface area contributed by atoms with Crippen LogP contribution in [-0.2, 0) is 9.53 Å². The van der Waals surface area contributed by atoms with Gasteiger partial charge in [0.1, 0.15) is 0 Å². The Balaban J connectivity index is 2.37. The fourth-order valence-electron chi connectivity index (χ4n) is 1.87. The molecule has 1 saturated carbocycles. The molecule has 0 aromatic heterocycles. The lowest BCUT2D eigenvalue weighted by Crippen LogP contribution is -2.37. The van der Waals surface area contributed by atoms with E-state index >= 15 is 0 Å². The van der Waals surface area contributed by atoms with Gasteiger partial charge in [-0.3, -0.25) is 9.69 Å². The van der Waals surface area contributed by atoms with Crippen LogP contribution in [0.5, 0.6) is 0 Å². The maximum Gasteiger partial charge on any atom is 0.307 e. The molecule has 0 spiro atoms. The molecule has 3 nitrogen and oxygen atoms in total. The molecule has 0 heterocycles. The molecule has 1 fully saturated rings. The van der Waals surface area contributed by atoms with E-state index < -0.39 is 0 Å². The van der Waals surface area contributed by atoms with Crippen molar-refractivity contribution in [3.05, 3.63) is 0 Å². The van der Waals surface area contributed by atoms with Gasteiger partial charge in [0.05, 0.1) is 13.5 Å². The normalized spacial score (nSPS) is 18.3. The van der Waals surface area contributed by atoms with Gasteiger partial charge < -0.3 is 4.74 Å². The van der Waals surface area contributed by atoms with Crippen molar-refractivity contribution < 1.29 is 9.53 Å². The van der Waals surface area contributed by atoms with Crippen molar-refractivity contribution in [1.82, 2.24) is 4.90 Å². The molecule has 3 heteroatoms. The molecule has 1 unspecified atom stereocenters. The zero-order chi connectivity index (χ0) is 10.6. The predicted molar refractivity (Wildman–Crippen MR) is 56.1 cm³/mol. The van der Waals surface area contributed by atoms with E-state index in [0.717, 1.165) is 19.0 Å². The van der Waals surface area contributed by atoms with Crippen LogP contribution in [0.3, 0.4) is 0 Å². The van der Waals surface area contributed by atoms with Crippen molar-refractivity contribution in [2.75, 3.05) is 13.7 Å². The number of hydrogen-bond acceptors (Lipinski definition) is 3. The molecule has 0 saturated heterocycles. The van der Waals surface area contributed by atoms with Crippen molar-refractivity contribution in [2.24, 2.45) is 0 Å². The summed E-state index contributed by atoms with van der Waals surface area (Å²) in [6, 6.07) is 1.06. The third kappa shape index (κ3) is 3.29. The van der Waals surface area contributed by atoms with E-state index in [4.69, 9.17) is 0 Å². The van der Waals surface area contributed by atoms with Crippen LogP contribution in [0.4, 0.5) is 0 Å². The summed E-state index contributed by atoms with van der Waals surface area (Å²) in [6.07, 6.45) is 4.27. The van der Waals surface area contributed by atoms with Gasteiger partial charge in [0, 0.05) is 12.1 Å². The van der Waals surface area contributed by atoms with Gasteiger partial charge in [0.15, 0.2) is 0 Å². The van der Waals surface area contributed by atoms with Crippen molar-refractivity contribution in [1.29, 1.82) is 0 Å². The number of methoxy groups -OCH3 is 1. The number of carbonyl (C=O) groups is 1. The van der Waals surface area contributed by atoms with E-state index in [9.17, 15) is 4.79 Å². The molecule has 14 heavy (non-hydrogen) atoms. The first-order chi connectivity index (χ1) is 6.69. The Labute approximate surface area is 86.4 Å². The predicted octanol–water partition coefficient (Wildman–Crippen LogP) is 1.81. The molecule has 1 atom stereocenters. The second-order valence-electron chi connectivity index (χ2n) is 4.10. The Morgan fingerprint density at radius 1 is 1.57 bits per heavy atom. The number of esters is 1. The summed E-state index contributed by atoms with van der Waals surface area (Å²) in [5.74, 6) is -0.0979. The highest BCUT2D eigenvalue weighted by molar-refractivity contribution is 5.69. The van der Waals surface area contributed by atoms with Gasteiger partial charge in [-0.05, 0) is 32.7 Å². The van der Waals surface area contributed by atoms with E-state index in [0.29, 0.717) is 12.5 Å². The Morgan fingerprint density at radius 2 is 2.21 bits per heavy atom. The molecule has 1 aliphatic rings. The molecular formula is C11H21NO2. The van der Waals surface area contributed by atoms with Crippen molar-refractivity contribution >= 4 is 5.97 Å². The second kappa shape index (κ2) is 5.35. The molecule has 0 N–H and O–H groups in total. The SMILES string of the molecule is CCCN(C(C)CC(=O)OC)C1CC1. The summed E-state index contributed by atoms with van der Waals surface area (Å²) in [5, 5.41) is 0. The minimum absolute atomic E-state index is 0.0979. The molecule has 0 amide bonds.